The molecule has 0 aliphatic heterocycles. The Morgan fingerprint density at radius 3 is 2.29 bits per heavy atom. The molecule has 0 radical (unpaired) electrons. The van der Waals surface area contributed by atoms with Gasteiger partial charge in [-0.1, -0.05) is 17.7 Å². The molecule has 0 fully saturated rings. The first kappa shape index (κ1) is 25.3. The standard InChI is InChI=1S/C20H12ClF6N3O3S/c21-13-7-12(20(25,26)27)8-28-14(13)9-33-15-4-5-34-16(15)18(32)30-29-17(31)10-2-1-3-11(6-10)19(22,23)24/h1-8H,9H2,(H,29,31)(H,30,32). The Balaban J connectivity index is 1.62. The van der Waals surface area contributed by atoms with Crippen LogP contribution in [0.15, 0.2) is 48.0 Å². The SMILES string of the molecule is O=C(NNC(=O)c1sccc1OCc1ncc(C(F)(F)F)cc1Cl)c1cccc(C(F)(F)F)c1. The lowest BCUT2D eigenvalue weighted by Crippen LogP contribution is -2.41. The van der Waals surface area contributed by atoms with Crippen molar-refractivity contribution >= 4 is 34.8 Å². The molecular weight excluding hydrogens is 512 g/mol. The van der Waals surface area contributed by atoms with Crippen molar-refractivity contribution in [3.8, 4) is 5.75 Å². The minimum absolute atomic E-state index is 0.00919. The van der Waals surface area contributed by atoms with E-state index in [2.05, 4.69) is 10.4 Å². The molecule has 2 N–H and O–H groups in total. The summed E-state index contributed by atoms with van der Waals surface area (Å²) in [7, 11) is 0. The van der Waals surface area contributed by atoms with Crippen LogP contribution in [0.1, 0.15) is 36.9 Å². The number of benzene rings is 1. The summed E-state index contributed by atoms with van der Waals surface area (Å²) in [6.45, 7) is -0.357. The maximum absolute atomic E-state index is 12.8. The van der Waals surface area contributed by atoms with E-state index in [9.17, 15) is 35.9 Å². The number of hydrogen-bond acceptors (Lipinski definition) is 5. The second kappa shape index (κ2) is 9.89. The number of ether oxygens (including phenoxy) is 1. The summed E-state index contributed by atoms with van der Waals surface area (Å²) < 4.78 is 81.9. The molecule has 34 heavy (non-hydrogen) atoms. The lowest BCUT2D eigenvalue weighted by atomic mass is 10.1. The molecule has 0 spiro atoms. The minimum Gasteiger partial charge on any atom is -0.486 e. The number of aromatic nitrogens is 1. The Bertz CT molecular complexity index is 1210. The third-order valence-electron chi connectivity index (χ3n) is 4.19. The van der Waals surface area contributed by atoms with E-state index >= 15 is 0 Å². The maximum atomic E-state index is 12.8. The number of halogens is 7. The number of rotatable bonds is 5. The largest absolute Gasteiger partial charge is 0.486 e. The first-order valence-corrected chi connectivity index (χ1v) is 10.3. The summed E-state index contributed by atoms with van der Waals surface area (Å²) in [5.74, 6) is -1.80. The van der Waals surface area contributed by atoms with Gasteiger partial charge in [0.25, 0.3) is 11.8 Å². The van der Waals surface area contributed by atoms with Crippen LogP contribution in [0.4, 0.5) is 26.3 Å². The molecule has 0 saturated carbocycles. The maximum Gasteiger partial charge on any atom is 0.417 e. The quantitative estimate of drug-likeness (QED) is 0.342. The van der Waals surface area contributed by atoms with Crippen molar-refractivity contribution in [2.24, 2.45) is 0 Å². The topological polar surface area (TPSA) is 80.3 Å². The number of alkyl halides is 6. The smallest absolute Gasteiger partial charge is 0.417 e. The van der Waals surface area contributed by atoms with E-state index in [0.717, 1.165) is 29.5 Å². The van der Waals surface area contributed by atoms with Gasteiger partial charge >= 0.3 is 12.4 Å². The van der Waals surface area contributed by atoms with Crippen LogP contribution in [0.2, 0.25) is 5.02 Å². The Morgan fingerprint density at radius 1 is 0.971 bits per heavy atom. The second-order valence-corrected chi connectivity index (χ2v) is 7.86. The van der Waals surface area contributed by atoms with Gasteiger partial charge in [-0.2, -0.15) is 26.3 Å². The Kier molecular flexibility index (Phi) is 7.36. The van der Waals surface area contributed by atoms with Crippen LogP contribution in [0.25, 0.3) is 0 Å². The van der Waals surface area contributed by atoms with E-state index in [1.807, 2.05) is 5.43 Å². The van der Waals surface area contributed by atoms with Crippen LogP contribution in [-0.2, 0) is 19.0 Å². The van der Waals surface area contributed by atoms with Gasteiger partial charge in [-0.05, 0) is 35.7 Å². The number of pyridine rings is 1. The van der Waals surface area contributed by atoms with E-state index in [1.54, 1.807) is 0 Å². The van der Waals surface area contributed by atoms with Crippen LogP contribution in [0.3, 0.4) is 0 Å². The lowest BCUT2D eigenvalue weighted by molar-refractivity contribution is -0.138. The van der Waals surface area contributed by atoms with E-state index in [-0.39, 0.29) is 33.5 Å². The predicted octanol–water partition coefficient (Wildman–Crippen LogP) is 5.49. The average Bonchev–Trinajstić information content (AvgIpc) is 3.24. The molecule has 0 saturated heterocycles. The number of hydrazine groups is 1. The Morgan fingerprint density at radius 2 is 1.65 bits per heavy atom. The first-order chi connectivity index (χ1) is 15.9. The van der Waals surface area contributed by atoms with Crippen molar-refractivity contribution < 1.29 is 40.7 Å². The van der Waals surface area contributed by atoms with Crippen LogP contribution in [-0.4, -0.2) is 16.8 Å². The zero-order valence-electron chi connectivity index (χ0n) is 16.6. The molecule has 0 aliphatic carbocycles. The number of nitrogens with zero attached hydrogens (tertiary/aromatic N) is 1. The summed E-state index contributed by atoms with van der Waals surface area (Å²) in [5.41, 5.74) is 1.65. The zero-order chi connectivity index (χ0) is 25.1. The number of nitrogens with one attached hydrogen (secondary N) is 2. The van der Waals surface area contributed by atoms with Crippen molar-refractivity contribution in [3.05, 3.63) is 80.3 Å². The van der Waals surface area contributed by atoms with E-state index < -0.39 is 35.3 Å². The van der Waals surface area contributed by atoms with Crippen LogP contribution in [0, 0.1) is 0 Å². The molecule has 14 heteroatoms. The molecule has 0 bridgehead atoms. The number of carbonyl (C=O) groups excluding carboxylic acids is 2. The first-order valence-electron chi connectivity index (χ1n) is 9.06. The van der Waals surface area contributed by atoms with E-state index in [1.165, 1.54) is 11.4 Å². The number of thiophene rings is 1. The van der Waals surface area contributed by atoms with Gasteiger partial charge in [-0.15, -0.1) is 11.3 Å². The molecule has 3 aromatic rings. The molecule has 0 aliphatic rings. The van der Waals surface area contributed by atoms with Crippen molar-refractivity contribution in [1.82, 2.24) is 15.8 Å². The van der Waals surface area contributed by atoms with Gasteiger partial charge in [0.05, 0.1) is 21.8 Å². The summed E-state index contributed by atoms with van der Waals surface area (Å²) in [6, 6.07) is 5.69. The zero-order valence-corrected chi connectivity index (χ0v) is 18.1. The van der Waals surface area contributed by atoms with Gasteiger partial charge in [0.15, 0.2) is 0 Å². The highest BCUT2D eigenvalue weighted by atomic mass is 35.5. The molecule has 0 unspecified atom stereocenters. The van der Waals surface area contributed by atoms with Gasteiger partial charge in [-0.25, -0.2) is 0 Å². The fraction of sp³-hybridized carbons (Fsp3) is 0.150. The second-order valence-electron chi connectivity index (χ2n) is 6.54. The molecule has 2 heterocycles. The lowest BCUT2D eigenvalue weighted by Gasteiger charge is -2.11. The van der Waals surface area contributed by atoms with E-state index in [0.29, 0.717) is 18.3 Å². The van der Waals surface area contributed by atoms with Crippen LogP contribution >= 0.6 is 22.9 Å². The summed E-state index contributed by atoms with van der Waals surface area (Å²) >= 11 is 6.74. The van der Waals surface area contributed by atoms with E-state index in [4.69, 9.17) is 16.3 Å². The third kappa shape index (κ3) is 6.17. The van der Waals surface area contributed by atoms with Crippen molar-refractivity contribution in [2.45, 2.75) is 19.0 Å². The molecule has 6 nitrogen and oxygen atoms in total. The molecule has 2 amide bonds. The Hall–Kier alpha value is -3.32. The van der Waals surface area contributed by atoms with Gasteiger partial charge in [0, 0.05) is 11.8 Å². The molecule has 180 valence electrons. The summed E-state index contributed by atoms with van der Waals surface area (Å²) in [5, 5.41) is 1.19. The minimum atomic E-state index is -4.65. The van der Waals surface area contributed by atoms with Gasteiger partial charge in [0.2, 0.25) is 0 Å². The van der Waals surface area contributed by atoms with Crippen molar-refractivity contribution in [2.75, 3.05) is 0 Å². The average molecular weight is 524 g/mol. The van der Waals surface area contributed by atoms with Gasteiger partial charge in [-0.3, -0.25) is 25.4 Å². The molecule has 3 rings (SSSR count). The highest BCUT2D eigenvalue weighted by Crippen LogP contribution is 2.32. The molecule has 0 atom stereocenters. The van der Waals surface area contributed by atoms with Crippen molar-refractivity contribution in [3.63, 3.8) is 0 Å². The monoisotopic (exact) mass is 523 g/mol. The number of hydrogen-bond donors (Lipinski definition) is 2. The fourth-order valence-corrected chi connectivity index (χ4v) is 3.48. The highest BCUT2D eigenvalue weighted by Gasteiger charge is 2.32. The summed E-state index contributed by atoms with van der Waals surface area (Å²) in [4.78, 5) is 28.1. The molecule has 1 aromatic carbocycles. The van der Waals surface area contributed by atoms with Crippen LogP contribution < -0.4 is 15.6 Å². The number of carbonyl (C=O) groups is 2. The number of amides is 2. The van der Waals surface area contributed by atoms with Gasteiger partial charge < -0.3 is 4.74 Å². The normalized spacial score (nSPS) is 11.7. The highest BCUT2D eigenvalue weighted by molar-refractivity contribution is 7.12. The molecular formula is C20H12ClF6N3O3S. The Labute approximate surface area is 196 Å². The predicted molar refractivity (Wildman–Crippen MR) is 109 cm³/mol. The molecule has 2 aromatic heterocycles. The summed E-state index contributed by atoms with van der Waals surface area (Å²) in [6.07, 6.45) is -8.67. The van der Waals surface area contributed by atoms with Crippen LogP contribution in [0.5, 0.6) is 5.75 Å². The van der Waals surface area contributed by atoms with Gasteiger partial charge in [0.1, 0.15) is 17.2 Å². The fourth-order valence-electron chi connectivity index (χ4n) is 2.53. The third-order valence-corrected chi connectivity index (χ3v) is 5.41. The van der Waals surface area contributed by atoms with Crippen molar-refractivity contribution in [1.29, 1.82) is 0 Å².